The topological polar surface area (TPSA) is 42.2 Å². The lowest BCUT2D eigenvalue weighted by Crippen LogP contribution is -2.13. The van der Waals surface area contributed by atoms with Crippen molar-refractivity contribution in [3.63, 3.8) is 0 Å². The molecule has 94 valence electrons. The van der Waals surface area contributed by atoms with Crippen LogP contribution in [-0.4, -0.2) is 5.91 Å². The Balaban J connectivity index is 2.31. The van der Waals surface area contributed by atoms with Gasteiger partial charge in [-0.05, 0) is 48.7 Å². The molecule has 1 N–H and O–H groups in total. The van der Waals surface area contributed by atoms with E-state index in [-0.39, 0.29) is 5.91 Å². The highest BCUT2D eigenvalue weighted by atomic mass is 79.9. The highest BCUT2D eigenvalue weighted by molar-refractivity contribution is 9.10. The molecule has 0 radical (unpaired) electrons. The lowest BCUT2D eigenvalue weighted by atomic mass is 10.1. The Kier molecular flexibility index (Phi) is 3.87. The number of carbonyl (C=O) groups is 1. The predicted molar refractivity (Wildman–Crippen MR) is 74.9 cm³/mol. The molecule has 2 rings (SSSR count). The predicted octanol–water partition coefficient (Wildman–Crippen LogP) is 4.17. The molecule has 18 heavy (non-hydrogen) atoms. The summed E-state index contributed by atoms with van der Waals surface area (Å²) in [5.74, 6) is 0.0968. The average Bonchev–Trinajstić information content (AvgIpc) is 2.85. The molecule has 4 heteroatoms. The number of aryl methyl sites for hydroxylation is 2. The summed E-state index contributed by atoms with van der Waals surface area (Å²) < 4.78 is 6.10. The van der Waals surface area contributed by atoms with Crippen molar-refractivity contribution in [2.75, 3.05) is 5.32 Å². The minimum Gasteiger partial charge on any atom is -0.459 e. The van der Waals surface area contributed by atoms with Crippen LogP contribution in [0.25, 0.3) is 0 Å². The molecule has 0 bridgehead atoms. The van der Waals surface area contributed by atoms with Crippen LogP contribution in [0.4, 0.5) is 5.69 Å². The smallest absolute Gasteiger partial charge is 0.291 e. The molecule has 1 aromatic carbocycles. The third-order valence-electron chi connectivity index (χ3n) is 2.75. The van der Waals surface area contributed by atoms with Gasteiger partial charge in [0.15, 0.2) is 5.76 Å². The Morgan fingerprint density at radius 2 is 2.22 bits per heavy atom. The number of furan rings is 1. The number of nitrogens with one attached hydrogen (secondary N) is 1. The molecule has 2 aromatic rings. The summed E-state index contributed by atoms with van der Waals surface area (Å²) in [5.41, 5.74) is 2.99. The molecule has 0 aliphatic heterocycles. The van der Waals surface area contributed by atoms with Crippen molar-refractivity contribution in [3.05, 3.63) is 51.9 Å². The van der Waals surface area contributed by atoms with Crippen LogP contribution in [-0.2, 0) is 6.42 Å². The molecule has 1 amide bonds. The molecule has 0 fully saturated rings. The van der Waals surface area contributed by atoms with E-state index >= 15 is 0 Å². The average molecular weight is 308 g/mol. The highest BCUT2D eigenvalue weighted by Gasteiger charge is 2.13. The summed E-state index contributed by atoms with van der Waals surface area (Å²) in [6.45, 7) is 4.03. The van der Waals surface area contributed by atoms with E-state index in [9.17, 15) is 4.79 Å². The molecular formula is C14H14BrNO2. The van der Waals surface area contributed by atoms with Gasteiger partial charge in [-0.1, -0.05) is 22.9 Å². The van der Waals surface area contributed by atoms with Gasteiger partial charge in [-0.2, -0.15) is 0 Å². The van der Waals surface area contributed by atoms with Crippen molar-refractivity contribution >= 4 is 27.5 Å². The third-order valence-corrected chi connectivity index (χ3v) is 3.20. The van der Waals surface area contributed by atoms with E-state index in [1.807, 2.05) is 19.1 Å². The molecule has 0 unspecified atom stereocenters. The van der Waals surface area contributed by atoms with Crippen molar-refractivity contribution in [2.45, 2.75) is 20.3 Å². The minimum atomic E-state index is -0.222. The summed E-state index contributed by atoms with van der Waals surface area (Å²) >= 11 is 3.46. The SMILES string of the molecule is CCc1cc(Br)cc(C)c1NC(=O)c1ccco1. The first-order valence-corrected chi connectivity index (χ1v) is 6.55. The van der Waals surface area contributed by atoms with Crippen LogP contribution >= 0.6 is 15.9 Å². The Morgan fingerprint density at radius 1 is 1.44 bits per heavy atom. The third kappa shape index (κ3) is 2.64. The zero-order valence-corrected chi connectivity index (χ0v) is 11.9. The Hall–Kier alpha value is -1.55. The largest absolute Gasteiger partial charge is 0.459 e. The van der Waals surface area contributed by atoms with Crippen molar-refractivity contribution < 1.29 is 9.21 Å². The van der Waals surface area contributed by atoms with Gasteiger partial charge in [-0.15, -0.1) is 0 Å². The second-order valence-corrected chi connectivity index (χ2v) is 4.96. The van der Waals surface area contributed by atoms with Crippen molar-refractivity contribution in [1.29, 1.82) is 0 Å². The van der Waals surface area contributed by atoms with E-state index in [1.165, 1.54) is 6.26 Å². The Labute approximate surface area is 114 Å². The summed E-state index contributed by atoms with van der Waals surface area (Å²) in [4.78, 5) is 12.0. The first kappa shape index (κ1) is 12.9. The van der Waals surface area contributed by atoms with Crippen molar-refractivity contribution in [1.82, 2.24) is 0 Å². The first-order chi connectivity index (χ1) is 8.61. The Bertz CT molecular complexity index is 561. The lowest BCUT2D eigenvalue weighted by molar-refractivity contribution is 0.0996. The monoisotopic (exact) mass is 307 g/mol. The number of rotatable bonds is 3. The van der Waals surface area contributed by atoms with Gasteiger partial charge < -0.3 is 9.73 Å². The van der Waals surface area contributed by atoms with Gasteiger partial charge in [0, 0.05) is 10.2 Å². The molecule has 0 aliphatic rings. The number of hydrogen-bond acceptors (Lipinski definition) is 2. The molecule has 3 nitrogen and oxygen atoms in total. The number of halogens is 1. The highest BCUT2D eigenvalue weighted by Crippen LogP contribution is 2.26. The molecule has 1 aromatic heterocycles. The van der Waals surface area contributed by atoms with E-state index in [2.05, 4.69) is 28.2 Å². The van der Waals surface area contributed by atoms with Crippen LogP contribution in [0.3, 0.4) is 0 Å². The van der Waals surface area contributed by atoms with E-state index in [1.54, 1.807) is 12.1 Å². The second-order valence-electron chi connectivity index (χ2n) is 4.04. The fourth-order valence-corrected chi connectivity index (χ4v) is 2.47. The number of amides is 1. The maximum atomic E-state index is 12.0. The van der Waals surface area contributed by atoms with E-state index in [4.69, 9.17) is 4.42 Å². The van der Waals surface area contributed by atoms with Gasteiger partial charge in [0.1, 0.15) is 0 Å². The maximum absolute atomic E-state index is 12.0. The Morgan fingerprint density at radius 3 is 2.83 bits per heavy atom. The molecule has 0 saturated carbocycles. The quantitative estimate of drug-likeness (QED) is 0.925. The number of anilines is 1. The van der Waals surface area contributed by atoms with Crippen LogP contribution in [0.1, 0.15) is 28.6 Å². The van der Waals surface area contributed by atoms with E-state index < -0.39 is 0 Å². The van der Waals surface area contributed by atoms with Gasteiger partial charge in [-0.25, -0.2) is 0 Å². The molecule has 0 atom stereocenters. The molecule has 1 heterocycles. The van der Waals surface area contributed by atoms with Crippen LogP contribution in [0.2, 0.25) is 0 Å². The van der Waals surface area contributed by atoms with Crippen molar-refractivity contribution in [2.24, 2.45) is 0 Å². The van der Waals surface area contributed by atoms with Crippen LogP contribution in [0, 0.1) is 6.92 Å². The fourth-order valence-electron chi connectivity index (χ4n) is 1.85. The van der Waals surface area contributed by atoms with Gasteiger partial charge in [-0.3, -0.25) is 4.79 Å². The summed E-state index contributed by atoms with van der Waals surface area (Å²) in [6, 6.07) is 7.35. The minimum absolute atomic E-state index is 0.222. The second kappa shape index (κ2) is 5.40. The molecule has 0 aliphatic carbocycles. The van der Waals surface area contributed by atoms with E-state index in [0.717, 1.165) is 27.7 Å². The number of hydrogen-bond donors (Lipinski definition) is 1. The van der Waals surface area contributed by atoms with E-state index in [0.29, 0.717) is 5.76 Å². The number of carbonyl (C=O) groups excluding carboxylic acids is 1. The lowest BCUT2D eigenvalue weighted by Gasteiger charge is -2.13. The molecular weight excluding hydrogens is 294 g/mol. The zero-order valence-electron chi connectivity index (χ0n) is 10.3. The standard InChI is InChI=1S/C14H14BrNO2/c1-3-10-8-11(15)7-9(2)13(10)16-14(17)12-5-4-6-18-12/h4-8H,3H2,1-2H3,(H,16,17). The van der Waals surface area contributed by atoms with Gasteiger partial charge in [0.05, 0.1) is 6.26 Å². The van der Waals surface area contributed by atoms with Crippen LogP contribution < -0.4 is 5.32 Å². The summed E-state index contributed by atoms with van der Waals surface area (Å²) in [5, 5.41) is 2.91. The fraction of sp³-hybridized carbons (Fsp3) is 0.214. The first-order valence-electron chi connectivity index (χ1n) is 5.75. The van der Waals surface area contributed by atoms with Crippen LogP contribution in [0.5, 0.6) is 0 Å². The maximum Gasteiger partial charge on any atom is 0.291 e. The normalized spacial score (nSPS) is 10.4. The molecule has 0 saturated heterocycles. The summed E-state index contributed by atoms with van der Waals surface area (Å²) in [6.07, 6.45) is 2.35. The summed E-state index contributed by atoms with van der Waals surface area (Å²) in [7, 11) is 0. The van der Waals surface area contributed by atoms with Gasteiger partial charge in [0.25, 0.3) is 5.91 Å². The van der Waals surface area contributed by atoms with Gasteiger partial charge in [0.2, 0.25) is 0 Å². The zero-order chi connectivity index (χ0) is 13.1. The van der Waals surface area contributed by atoms with Crippen molar-refractivity contribution in [3.8, 4) is 0 Å². The van der Waals surface area contributed by atoms with Gasteiger partial charge >= 0.3 is 0 Å². The number of benzene rings is 1. The van der Waals surface area contributed by atoms with Crippen LogP contribution in [0.15, 0.2) is 39.4 Å². The molecule has 0 spiro atoms.